The number of benzene rings is 1. The van der Waals surface area contributed by atoms with Crippen molar-refractivity contribution in [2.45, 2.75) is 71.1 Å². The van der Waals surface area contributed by atoms with E-state index < -0.39 is 33.9 Å². The van der Waals surface area contributed by atoms with Crippen molar-refractivity contribution < 1.29 is 32.5 Å². The van der Waals surface area contributed by atoms with Gasteiger partial charge in [0.15, 0.2) is 0 Å². The molecule has 0 aliphatic rings. The second-order valence-electron chi connectivity index (χ2n) is 10.9. The highest BCUT2D eigenvalue weighted by Gasteiger charge is 2.33. The highest BCUT2D eigenvalue weighted by atomic mass is 32.2. The molecule has 0 aromatic heterocycles. The van der Waals surface area contributed by atoms with Crippen LogP contribution in [0.15, 0.2) is 90.6 Å². The fourth-order valence-corrected chi connectivity index (χ4v) is 5.52. The first-order valence-corrected chi connectivity index (χ1v) is 15.8. The van der Waals surface area contributed by atoms with Crippen molar-refractivity contribution in [3.8, 4) is 0 Å². The number of carbonyl (C=O) groups is 1. The summed E-state index contributed by atoms with van der Waals surface area (Å²) in [6.07, 6.45) is 6.82. The quantitative estimate of drug-likeness (QED) is 0.0838. The van der Waals surface area contributed by atoms with Gasteiger partial charge in [-0.3, -0.25) is 0 Å². The molecule has 0 saturated carbocycles. The number of aliphatic hydroxyl groups excluding tert-OH is 1. The smallest absolute Gasteiger partial charge is 0.407 e. The first-order chi connectivity index (χ1) is 20.3. The van der Waals surface area contributed by atoms with E-state index in [1.807, 2.05) is 30.3 Å². The number of sulfonamides is 1. The molecule has 1 rings (SSSR count). The third-order valence-corrected chi connectivity index (χ3v) is 8.16. The van der Waals surface area contributed by atoms with Crippen molar-refractivity contribution in [1.29, 1.82) is 0 Å². The number of nitrogens with zero attached hydrogens (tertiary/aromatic N) is 1. The van der Waals surface area contributed by atoms with Crippen LogP contribution in [0.2, 0.25) is 0 Å². The molecule has 9 nitrogen and oxygen atoms in total. The van der Waals surface area contributed by atoms with Crippen molar-refractivity contribution in [1.82, 2.24) is 9.62 Å². The van der Waals surface area contributed by atoms with Crippen molar-refractivity contribution in [3.05, 3.63) is 96.2 Å². The van der Waals surface area contributed by atoms with Crippen LogP contribution in [0, 0.1) is 0 Å². The second kappa shape index (κ2) is 19.2. The van der Waals surface area contributed by atoms with Crippen molar-refractivity contribution in [3.63, 3.8) is 0 Å². The second-order valence-corrected chi connectivity index (χ2v) is 12.9. The average Bonchev–Trinajstić information content (AvgIpc) is 2.95. The van der Waals surface area contributed by atoms with Gasteiger partial charge in [0.2, 0.25) is 10.0 Å². The summed E-state index contributed by atoms with van der Waals surface area (Å²) in [4.78, 5) is 12.6. The molecule has 0 aliphatic heterocycles. The zero-order chi connectivity index (χ0) is 32.5. The van der Waals surface area contributed by atoms with Crippen LogP contribution in [-0.2, 0) is 30.7 Å². The third kappa shape index (κ3) is 14.2. The van der Waals surface area contributed by atoms with Gasteiger partial charge in [0, 0.05) is 18.7 Å². The molecule has 0 spiro atoms. The number of hydrogen-bond acceptors (Lipinski definition) is 7. The molecule has 0 unspecified atom stereocenters. The van der Waals surface area contributed by atoms with Crippen LogP contribution < -0.4 is 5.32 Å². The molecule has 2 N–H and O–H groups in total. The maximum Gasteiger partial charge on any atom is 0.407 e. The molecule has 240 valence electrons. The van der Waals surface area contributed by atoms with E-state index in [9.17, 15) is 18.3 Å². The molecule has 0 saturated heterocycles. The highest BCUT2D eigenvalue weighted by molar-refractivity contribution is 7.93. The minimum Gasteiger partial charge on any atom is -0.497 e. The first kappa shape index (κ1) is 37.8. The van der Waals surface area contributed by atoms with Gasteiger partial charge in [0.05, 0.1) is 37.4 Å². The van der Waals surface area contributed by atoms with E-state index in [2.05, 4.69) is 25.1 Å². The van der Waals surface area contributed by atoms with Gasteiger partial charge < -0.3 is 24.6 Å². The lowest BCUT2D eigenvalue weighted by Gasteiger charge is -2.31. The lowest BCUT2D eigenvalue weighted by atomic mass is 10.0. The van der Waals surface area contributed by atoms with E-state index in [-0.39, 0.29) is 37.6 Å². The van der Waals surface area contributed by atoms with Gasteiger partial charge in [0.1, 0.15) is 11.4 Å². The number of aliphatic hydroxyl groups is 1. The fraction of sp³-hybridized carbons (Fsp3) is 0.485. The molecule has 0 fully saturated rings. The number of amides is 1. The number of nitrogens with one attached hydrogen (secondary N) is 1. The maximum absolute atomic E-state index is 14.1. The van der Waals surface area contributed by atoms with Crippen LogP contribution in [0.4, 0.5) is 4.79 Å². The number of ether oxygens (including phenoxy) is 3. The van der Waals surface area contributed by atoms with Gasteiger partial charge in [-0.25, -0.2) is 13.2 Å². The summed E-state index contributed by atoms with van der Waals surface area (Å²) in [7, 11) is -2.71. The van der Waals surface area contributed by atoms with Crippen LogP contribution in [0.25, 0.3) is 0 Å². The number of methoxy groups -OCH3 is 1. The number of carbonyl (C=O) groups excluding carboxylic acids is 1. The maximum atomic E-state index is 14.1. The summed E-state index contributed by atoms with van der Waals surface area (Å²) < 4.78 is 45.7. The van der Waals surface area contributed by atoms with Gasteiger partial charge in [0.25, 0.3) is 0 Å². The van der Waals surface area contributed by atoms with Gasteiger partial charge >= 0.3 is 6.09 Å². The van der Waals surface area contributed by atoms with Crippen molar-refractivity contribution in [2.24, 2.45) is 0 Å². The monoisotopic (exact) mass is 618 g/mol. The number of hydrogen-bond donors (Lipinski definition) is 2. The van der Waals surface area contributed by atoms with Gasteiger partial charge in [-0.2, -0.15) is 4.31 Å². The molecule has 0 heterocycles. The first-order valence-electron chi connectivity index (χ1n) is 14.4. The molecule has 2 atom stereocenters. The predicted octanol–water partition coefficient (Wildman–Crippen LogP) is 5.66. The standard InChI is InChI=1S/C33H50N2O7S/c1-9-12-13-17-20-35(43(38,39)26(4)28(25-41-21-10-2)23-29(11-3)40-8)24-31(36)30(22-27-18-15-14-16-19-27)34-32(37)42-33(5,6)7/h9-11,14-16,18-19,23,30-31,36H,1-2,4,12-13,17,20-22,24-25H2,3,5-8H3,(H,34,37)/b28-23-,29-11+/t30-,31+/m0/s1. The summed E-state index contributed by atoms with van der Waals surface area (Å²) in [6.45, 7) is 18.3. The summed E-state index contributed by atoms with van der Waals surface area (Å²) in [5.74, 6) is 0.440. The van der Waals surface area contributed by atoms with E-state index in [1.54, 1.807) is 52.0 Å². The lowest BCUT2D eigenvalue weighted by Crippen LogP contribution is -2.51. The third-order valence-electron chi connectivity index (χ3n) is 6.26. The Morgan fingerprint density at radius 3 is 2.37 bits per heavy atom. The van der Waals surface area contributed by atoms with Crippen LogP contribution in [0.1, 0.15) is 52.5 Å². The molecular weight excluding hydrogens is 568 g/mol. The molecule has 10 heteroatoms. The van der Waals surface area contributed by atoms with Gasteiger partial charge in [-0.1, -0.05) is 49.1 Å². The number of alkyl carbamates (subject to hydrolysis) is 1. The fourth-order valence-electron chi connectivity index (χ4n) is 4.04. The Labute approximate surface area is 258 Å². The molecule has 0 aliphatic carbocycles. The largest absolute Gasteiger partial charge is 0.497 e. The summed E-state index contributed by atoms with van der Waals surface area (Å²) in [5.41, 5.74) is 0.403. The minimum absolute atomic E-state index is 0.0472. The zero-order valence-corrected chi connectivity index (χ0v) is 27.2. The van der Waals surface area contributed by atoms with Crippen molar-refractivity contribution >= 4 is 16.1 Å². The van der Waals surface area contributed by atoms with Crippen LogP contribution in [-0.4, -0.2) is 75.1 Å². The molecule has 1 aromatic carbocycles. The molecule has 43 heavy (non-hydrogen) atoms. The van der Waals surface area contributed by atoms with E-state index in [4.69, 9.17) is 14.2 Å². The number of rotatable bonds is 20. The Hall–Kier alpha value is -3.18. The van der Waals surface area contributed by atoms with E-state index in [0.29, 0.717) is 30.6 Å². The Balaban J connectivity index is 3.43. The number of unbranched alkanes of at least 4 members (excludes halogenated alkanes) is 2. The Kier molecular flexibility index (Phi) is 16.9. The van der Waals surface area contributed by atoms with Crippen LogP contribution in [0.3, 0.4) is 0 Å². The van der Waals surface area contributed by atoms with Gasteiger partial charge in [-0.05, 0) is 71.1 Å². The number of allylic oxidation sites excluding steroid dienone is 3. The summed E-state index contributed by atoms with van der Waals surface area (Å²) in [5, 5.41) is 14.2. The molecule has 0 radical (unpaired) electrons. The zero-order valence-electron chi connectivity index (χ0n) is 26.4. The topological polar surface area (TPSA) is 114 Å². The Morgan fingerprint density at radius 1 is 1.14 bits per heavy atom. The van der Waals surface area contributed by atoms with Gasteiger partial charge in [-0.15, -0.1) is 13.2 Å². The molecule has 0 bridgehead atoms. The minimum atomic E-state index is -4.19. The molecular formula is C33H50N2O7S. The summed E-state index contributed by atoms with van der Waals surface area (Å²) in [6, 6.07) is 8.48. The highest BCUT2D eigenvalue weighted by Crippen LogP contribution is 2.24. The molecule has 1 aromatic rings. The average molecular weight is 619 g/mol. The van der Waals surface area contributed by atoms with Crippen molar-refractivity contribution in [2.75, 3.05) is 33.4 Å². The Morgan fingerprint density at radius 2 is 1.81 bits per heavy atom. The van der Waals surface area contributed by atoms with E-state index >= 15 is 0 Å². The molecule has 1 amide bonds. The van der Waals surface area contributed by atoms with E-state index in [1.165, 1.54) is 11.4 Å². The van der Waals surface area contributed by atoms with Crippen LogP contribution in [0.5, 0.6) is 0 Å². The lowest BCUT2D eigenvalue weighted by molar-refractivity contribution is 0.0402. The normalized spacial score (nSPS) is 14.1. The SMILES string of the molecule is C=CCCCCN(C[C@@H](O)[C@H](Cc1ccccc1)NC(=O)OC(C)(C)C)S(=O)(=O)C(=C)/C(=C\C(=C/C)OC)COCC=C. The van der Waals surface area contributed by atoms with Crippen LogP contribution >= 0.6 is 0 Å². The van der Waals surface area contributed by atoms with E-state index in [0.717, 1.165) is 5.56 Å². The summed E-state index contributed by atoms with van der Waals surface area (Å²) >= 11 is 0. The Bertz CT molecular complexity index is 1200. The predicted molar refractivity (Wildman–Crippen MR) is 173 cm³/mol.